The largest absolute Gasteiger partial charge is 0.406 e. The van der Waals surface area contributed by atoms with Crippen LogP contribution in [0, 0.1) is 6.92 Å². The first-order valence-corrected chi connectivity index (χ1v) is 6.60. The minimum atomic E-state index is 0.0693. The van der Waals surface area contributed by atoms with Gasteiger partial charge in [-0.15, -0.1) is 5.10 Å². The molecule has 2 rings (SSSR count). The van der Waals surface area contributed by atoms with Crippen LogP contribution >= 0.6 is 0 Å². The van der Waals surface area contributed by atoms with Crippen LogP contribution in [0.25, 0.3) is 0 Å². The van der Waals surface area contributed by atoms with Crippen molar-refractivity contribution >= 4 is 11.7 Å². The molecule has 0 aliphatic carbocycles. The second kappa shape index (κ2) is 6.33. The Labute approximate surface area is 113 Å². The Balaban J connectivity index is 2.03. The summed E-state index contributed by atoms with van der Waals surface area (Å²) in [7, 11) is 0. The molecule has 2 N–H and O–H groups in total. The van der Waals surface area contributed by atoms with Gasteiger partial charge in [-0.1, -0.05) is 30.2 Å². The van der Waals surface area contributed by atoms with E-state index >= 15 is 0 Å². The Hall–Kier alpha value is -1.88. The quantitative estimate of drug-likeness (QED) is 0.835. The molecule has 0 aliphatic heterocycles. The number of nitrogens with one attached hydrogen (secondary N) is 2. The minimum Gasteiger partial charge on any atom is -0.406 e. The maximum absolute atomic E-state index is 5.61. The highest BCUT2D eigenvalue weighted by molar-refractivity contribution is 5.56. The Morgan fingerprint density at radius 1 is 1.26 bits per heavy atom. The summed E-state index contributed by atoms with van der Waals surface area (Å²) in [6.07, 6.45) is 1.08. The molecule has 0 bridgehead atoms. The van der Waals surface area contributed by atoms with E-state index in [1.54, 1.807) is 0 Å². The number of rotatable bonds is 6. The third kappa shape index (κ3) is 3.54. The molecule has 1 heterocycles. The number of anilines is 2. The van der Waals surface area contributed by atoms with Crippen molar-refractivity contribution in [3.63, 3.8) is 0 Å². The highest BCUT2D eigenvalue weighted by atomic mass is 16.4. The molecule has 19 heavy (non-hydrogen) atoms. The van der Waals surface area contributed by atoms with E-state index in [9.17, 15) is 0 Å². The smallest absolute Gasteiger partial charge is 0.320 e. The zero-order valence-corrected chi connectivity index (χ0v) is 11.6. The van der Waals surface area contributed by atoms with Crippen molar-refractivity contribution in [3.8, 4) is 0 Å². The second-order valence-electron chi connectivity index (χ2n) is 4.56. The molecule has 5 nitrogen and oxygen atoms in total. The maximum atomic E-state index is 5.61. The normalized spacial score (nSPS) is 12.4. The van der Waals surface area contributed by atoms with Crippen molar-refractivity contribution in [1.82, 2.24) is 15.5 Å². The summed E-state index contributed by atoms with van der Waals surface area (Å²) in [4.78, 5) is 0. The predicted octanol–water partition coefficient (Wildman–Crippen LogP) is 3.18. The summed E-state index contributed by atoms with van der Waals surface area (Å²) in [5.41, 5.74) is 2.12. The summed E-state index contributed by atoms with van der Waals surface area (Å²) in [6, 6.07) is 8.48. The van der Waals surface area contributed by atoms with E-state index < -0.39 is 0 Å². The lowest BCUT2D eigenvalue weighted by Crippen LogP contribution is -2.19. The van der Waals surface area contributed by atoms with Gasteiger partial charge in [0, 0.05) is 5.69 Å². The van der Waals surface area contributed by atoms with Gasteiger partial charge in [0.2, 0.25) is 5.89 Å². The summed E-state index contributed by atoms with van der Waals surface area (Å²) in [5.74, 6) is 0.601. The SMILES string of the molecule is CCCNC(C)c1nnc(Nc2ccccc2C)o1. The molecule has 1 aromatic heterocycles. The highest BCUT2D eigenvalue weighted by Gasteiger charge is 2.13. The zero-order valence-electron chi connectivity index (χ0n) is 11.6. The lowest BCUT2D eigenvalue weighted by atomic mass is 10.2. The van der Waals surface area contributed by atoms with E-state index in [1.807, 2.05) is 38.1 Å². The van der Waals surface area contributed by atoms with Crippen LogP contribution in [0.3, 0.4) is 0 Å². The van der Waals surface area contributed by atoms with Gasteiger partial charge in [0.1, 0.15) is 0 Å². The topological polar surface area (TPSA) is 63.0 Å². The number of para-hydroxylation sites is 1. The summed E-state index contributed by atoms with van der Waals surface area (Å²) >= 11 is 0. The fourth-order valence-corrected chi connectivity index (χ4v) is 1.74. The summed E-state index contributed by atoms with van der Waals surface area (Å²) in [5, 5.41) is 14.5. The number of hydrogen-bond donors (Lipinski definition) is 2. The molecule has 1 atom stereocenters. The van der Waals surface area contributed by atoms with Gasteiger partial charge in [0.25, 0.3) is 0 Å². The van der Waals surface area contributed by atoms with E-state index in [-0.39, 0.29) is 6.04 Å². The van der Waals surface area contributed by atoms with E-state index in [0.29, 0.717) is 11.9 Å². The first kappa shape index (κ1) is 13.5. The lowest BCUT2D eigenvalue weighted by molar-refractivity contribution is 0.424. The molecule has 0 aliphatic rings. The minimum absolute atomic E-state index is 0.0693. The van der Waals surface area contributed by atoms with Crippen LogP contribution in [-0.4, -0.2) is 16.7 Å². The molecule has 5 heteroatoms. The van der Waals surface area contributed by atoms with Gasteiger partial charge < -0.3 is 15.1 Å². The number of hydrogen-bond acceptors (Lipinski definition) is 5. The molecular weight excluding hydrogens is 240 g/mol. The fourth-order valence-electron chi connectivity index (χ4n) is 1.74. The number of nitrogens with zero attached hydrogens (tertiary/aromatic N) is 2. The third-order valence-corrected chi connectivity index (χ3v) is 2.90. The number of aryl methyl sites for hydroxylation is 1. The number of aromatic nitrogens is 2. The molecular formula is C14H20N4O. The van der Waals surface area contributed by atoms with E-state index in [2.05, 4.69) is 27.8 Å². The van der Waals surface area contributed by atoms with Crippen LogP contribution in [-0.2, 0) is 0 Å². The van der Waals surface area contributed by atoms with Crippen molar-refractivity contribution in [2.75, 3.05) is 11.9 Å². The van der Waals surface area contributed by atoms with Gasteiger partial charge in [-0.25, -0.2) is 0 Å². The summed E-state index contributed by atoms with van der Waals surface area (Å²) in [6.45, 7) is 7.11. The van der Waals surface area contributed by atoms with Crippen molar-refractivity contribution in [2.45, 2.75) is 33.2 Å². The van der Waals surface area contributed by atoms with Crippen molar-refractivity contribution in [2.24, 2.45) is 0 Å². The van der Waals surface area contributed by atoms with Crippen LogP contribution in [0.15, 0.2) is 28.7 Å². The van der Waals surface area contributed by atoms with Gasteiger partial charge in [-0.3, -0.25) is 0 Å². The first-order chi connectivity index (χ1) is 9.20. The van der Waals surface area contributed by atoms with Gasteiger partial charge in [-0.05, 0) is 38.4 Å². The second-order valence-corrected chi connectivity index (χ2v) is 4.56. The van der Waals surface area contributed by atoms with Crippen LogP contribution in [0.1, 0.15) is 37.8 Å². The Morgan fingerprint density at radius 3 is 2.79 bits per heavy atom. The fraction of sp³-hybridized carbons (Fsp3) is 0.429. The molecule has 0 saturated heterocycles. The molecule has 0 radical (unpaired) electrons. The first-order valence-electron chi connectivity index (χ1n) is 6.60. The van der Waals surface area contributed by atoms with Crippen LogP contribution < -0.4 is 10.6 Å². The molecule has 2 aromatic rings. The monoisotopic (exact) mass is 260 g/mol. The molecule has 0 amide bonds. The standard InChI is InChI=1S/C14H20N4O/c1-4-9-15-11(3)13-17-18-14(19-13)16-12-8-6-5-7-10(12)2/h5-8,11,15H,4,9H2,1-3H3,(H,16,18). The van der Waals surface area contributed by atoms with Gasteiger partial charge in [-0.2, -0.15) is 0 Å². The highest BCUT2D eigenvalue weighted by Crippen LogP contribution is 2.20. The van der Waals surface area contributed by atoms with Crippen LogP contribution in [0.2, 0.25) is 0 Å². The molecule has 1 aromatic carbocycles. The predicted molar refractivity (Wildman–Crippen MR) is 75.5 cm³/mol. The van der Waals surface area contributed by atoms with E-state index in [1.165, 1.54) is 0 Å². The van der Waals surface area contributed by atoms with Gasteiger partial charge >= 0.3 is 6.01 Å². The van der Waals surface area contributed by atoms with Crippen LogP contribution in [0.5, 0.6) is 0 Å². The zero-order chi connectivity index (χ0) is 13.7. The Kier molecular flexibility index (Phi) is 4.52. The van der Waals surface area contributed by atoms with Gasteiger partial charge in [0.15, 0.2) is 0 Å². The number of benzene rings is 1. The average molecular weight is 260 g/mol. The Bertz CT molecular complexity index is 524. The third-order valence-electron chi connectivity index (χ3n) is 2.90. The van der Waals surface area contributed by atoms with Crippen molar-refractivity contribution in [3.05, 3.63) is 35.7 Å². The van der Waals surface area contributed by atoms with E-state index in [0.717, 1.165) is 24.2 Å². The Morgan fingerprint density at radius 2 is 2.05 bits per heavy atom. The molecule has 102 valence electrons. The van der Waals surface area contributed by atoms with E-state index in [4.69, 9.17) is 4.42 Å². The molecule has 0 spiro atoms. The maximum Gasteiger partial charge on any atom is 0.320 e. The average Bonchev–Trinajstić information content (AvgIpc) is 2.87. The van der Waals surface area contributed by atoms with Crippen molar-refractivity contribution < 1.29 is 4.42 Å². The summed E-state index contributed by atoms with van der Waals surface area (Å²) < 4.78 is 5.61. The lowest BCUT2D eigenvalue weighted by Gasteiger charge is -2.08. The molecule has 0 fully saturated rings. The van der Waals surface area contributed by atoms with Crippen LogP contribution in [0.4, 0.5) is 11.7 Å². The van der Waals surface area contributed by atoms with Crippen molar-refractivity contribution in [1.29, 1.82) is 0 Å². The molecule has 0 saturated carbocycles. The van der Waals surface area contributed by atoms with Gasteiger partial charge in [0.05, 0.1) is 6.04 Å². The molecule has 1 unspecified atom stereocenters.